The van der Waals surface area contributed by atoms with Crippen molar-refractivity contribution in [3.63, 3.8) is 0 Å². The second kappa shape index (κ2) is 5.32. The largest absolute Gasteiger partial charge is 0.305 e. The van der Waals surface area contributed by atoms with E-state index in [2.05, 4.69) is 27.2 Å². The summed E-state index contributed by atoms with van der Waals surface area (Å²) in [6.45, 7) is 2.88. The number of nitrogens with one attached hydrogen (secondary N) is 1. The summed E-state index contributed by atoms with van der Waals surface area (Å²) in [5, 5.41) is 3.38. The van der Waals surface area contributed by atoms with Crippen molar-refractivity contribution < 1.29 is 0 Å². The Morgan fingerprint density at radius 2 is 1.94 bits per heavy atom. The molecular formula is C12H14N4. The monoisotopic (exact) mass is 214 g/mol. The van der Waals surface area contributed by atoms with E-state index < -0.39 is 0 Å². The van der Waals surface area contributed by atoms with Gasteiger partial charge in [-0.1, -0.05) is 0 Å². The van der Waals surface area contributed by atoms with E-state index in [1.165, 1.54) is 5.56 Å². The number of aromatic nitrogens is 3. The van der Waals surface area contributed by atoms with Crippen molar-refractivity contribution in [1.82, 2.24) is 20.3 Å². The zero-order chi connectivity index (χ0) is 11.2. The Hall–Kier alpha value is -1.81. The molecule has 1 unspecified atom stereocenters. The molecule has 0 aromatic carbocycles. The number of hydrogen-bond donors (Lipinski definition) is 1. The van der Waals surface area contributed by atoms with Gasteiger partial charge >= 0.3 is 0 Å². The first-order chi connectivity index (χ1) is 7.86. The molecule has 0 fully saturated rings. The average molecular weight is 214 g/mol. The molecule has 2 aromatic heterocycles. The quantitative estimate of drug-likeness (QED) is 0.842. The lowest BCUT2D eigenvalue weighted by Crippen LogP contribution is -2.19. The van der Waals surface area contributed by atoms with Crippen molar-refractivity contribution in [2.24, 2.45) is 0 Å². The van der Waals surface area contributed by atoms with E-state index in [4.69, 9.17) is 0 Å². The summed E-state index contributed by atoms with van der Waals surface area (Å²) in [5.74, 6) is 0. The predicted molar refractivity (Wildman–Crippen MR) is 61.5 cm³/mol. The van der Waals surface area contributed by atoms with Crippen LogP contribution < -0.4 is 5.32 Å². The molecule has 0 aliphatic rings. The first-order valence-corrected chi connectivity index (χ1v) is 5.24. The third-order valence-corrected chi connectivity index (χ3v) is 2.39. The van der Waals surface area contributed by atoms with E-state index in [1.807, 2.05) is 12.1 Å². The second-order valence-corrected chi connectivity index (χ2v) is 3.59. The molecule has 82 valence electrons. The van der Waals surface area contributed by atoms with Gasteiger partial charge in [-0.25, -0.2) is 0 Å². The van der Waals surface area contributed by atoms with Crippen LogP contribution in [0.3, 0.4) is 0 Å². The minimum atomic E-state index is 0.196. The molecule has 0 radical (unpaired) electrons. The molecule has 1 N–H and O–H groups in total. The van der Waals surface area contributed by atoms with Gasteiger partial charge in [-0.15, -0.1) is 0 Å². The number of pyridine rings is 1. The molecule has 0 bridgehead atoms. The van der Waals surface area contributed by atoms with Gasteiger partial charge in [0.25, 0.3) is 0 Å². The van der Waals surface area contributed by atoms with E-state index in [-0.39, 0.29) is 6.04 Å². The van der Waals surface area contributed by atoms with Crippen molar-refractivity contribution in [3.8, 4) is 0 Å². The minimum Gasteiger partial charge on any atom is -0.305 e. The zero-order valence-corrected chi connectivity index (χ0v) is 9.17. The molecule has 1 atom stereocenters. The van der Waals surface area contributed by atoms with Gasteiger partial charge in [-0.2, -0.15) is 0 Å². The first kappa shape index (κ1) is 10.7. The van der Waals surface area contributed by atoms with Gasteiger partial charge in [0.2, 0.25) is 0 Å². The highest BCUT2D eigenvalue weighted by molar-refractivity contribution is 5.10. The Morgan fingerprint density at radius 1 is 1.12 bits per heavy atom. The summed E-state index contributed by atoms with van der Waals surface area (Å²) in [6, 6.07) is 4.19. The van der Waals surface area contributed by atoms with Crippen molar-refractivity contribution in [2.75, 3.05) is 0 Å². The van der Waals surface area contributed by atoms with Crippen LogP contribution in [0.4, 0.5) is 0 Å². The van der Waals surface area contributed by atoms with Gasteiger partial charge in [0, 0.05) is 43.6 Å². The van der Waals surface area contributed by atoms with Crippen LogP contribution in [0.2, 0.25) is 0 Å². The highest BCUT2D eigenvalue weighted by atomic mass is 14.9. The molecule has 0 spiro atoms. The predicted octanol–water partition coefficient (Wildman–Crippen LogP) is 1.72. The molecule has 0 aliphatic heterocycles. The Morgan fingerprint density at radius 3 is 2.62 bits per heavy atom. The molecule has 2 heterocycles. The third-order valence-electron chi connectivity index (χ3n) is 2.39. The summed E-state index contributed by atoms with van der Waals surface area (Å²) in [6.07, 6.45) is 8.76. The average Bonchev–Trinajstić information content (AvgIpc) is 2.38. The number of rotatable bonds is 4. The number of nitrogens with zero attached hydrogens (tertiary/aromatic N) is 3. The molecule has 2 rings (SSSR count). The summed E-state index contributed by atoms with van der Waals surface area (Å²) in [5.41, 5.74) is 2.17. The Kier molecular flexibility index (Phi) is 3.56. The van der Waals surface area contributed by atoms with Gasteiger partial charge in [-0.3, -0.25) is 15.0 Å². The van der Waals surface area contributed by atoms with Crippen molar-refractivity contribution in [3.05, 3.63) is 54.4 Å². The molecule has 4 heteroatoms. The Balaban J connectivity index is 1.92. The lowest BCUT2D eigenvalue weighted by atomic mass is 10.2. The third kappa shape index (κ3) is 2.84. The fraction of sp³-hybridized carbons (Fsp3) is 0.250. The first-order valence-electron chi connectivity index (χ1n) is 5.24. The molecule has 0 saturated heterocycles. The lowest BCUT2D eigenvalue weighted by Gasteiger charge is -2.12. The molecule has 16 heavy (non-hydrogen) atoms. The fourth-order valence-corrected chi connectivity index (χ4v) is 1.41. The van der Waals surface area contributed by atoms with Crippen LogP contribution in [0.5, 0.6) is 0 Å². The van der Waals surface area contributed by atoms with Gasteiger partial charge in [0.1, 0.15) is 0 Å². The van der Waals surface area contributed by atoms with Crippen LogP contribution in [0.25, 0.3) is 0 Å². The summed E-state index contributed by atoms with van der Waals surface area (Å²) >= 11 is 0. The van der Waals surface area contributed by atoms with E-state index in [0.717, 1.165) is 12.2 Å². The van der Waals surface area contributed by atoms with Crippen LogP contribution in [0, 0.1) is 0 Å². The normalized spacial score (nSPS) is 12.3. The molecule has 0 saturated carbocycles. The van der Waals surface area contributed by atoms with Crippen molar-refractivity contribution >= 4 is 0 Å². The van der Waals surface area contributed by atoms with Crippen LogP contribution in [-0.2, 0) is 6.54 Å². The van der Waals surface area contributed by atoms with Crippen molar-refractivity contribution in [1.29, 1.82) is 0 Å². The highest BCUT2D eigenvalue weighted by Gasteiger charge is 2.05. The van der Waals surface area contributed by atoms with E-state index in [1.54, 1.807) is 31.0 Å². The summed E-state index contributed by atoms with van der Waals surface area (Å²) < 4.78 is 0. The molecular weight excluding hydrogens is 200 g/mol. The van der Waals surface area contributed by atoms with E-state index >= 15 is 0 Å². The maximum absolute atomic E-state index is 4.25. The van der Waals surface area contributed by atoms with Gasteiger partial charge in [0.05, 0.1) is 5.69 Å². The molecule has 0 amide bonds. The van der Waals surface area contributed by atoms with Crippen LogP contribution >= 0.6 is 0 Å². The number of hydrogen-bond acceptors (Lipinski definition) is 4. The summed E-state index contributed by atoms with van der Waals surface area (Å²) in [7, 11) is 0. The topological polar surface area (TPSA) is 50.7 Å². The van der Waals surface area contributed by atoms with Crippen LogP contribution in [-0.4, -0.2) is 15.0 Å². The molecule has 2 aromatic rings. The lowest BCUT2D eigenvalue weighted by molar-refractivity contribution is 0.559. The standard InChI is InChI=1S/C12H14N4/c1-10(12-9-14-6-7-15-12)16-8-11-2-4-13-5-3-11/h2-7,9-10,16H,8H2,1H3. The van der Waals surface area contributed by atoms with Gasteiger partial charge < -0.3 is 5.32 Å². The maximum Gasteiger partial charge on any atom is 0.0753 e. The second-order valence-electron chi connectivity index (χ2n) is 3.59. The SMILES string of the molecule is CC(NCc1ccncc1)c1cnccn1. The van der Waals surface area contributed by atoms with Gasteiger partial charge in [-0.05, 0) is 24.6 Å². The smallest absolute Gasteiger partial charge is 0.0753 e. The molecule has 0 aliphatic carbocycles. The van der Waals surface area contributed by atoms with E-state index in [9.17, 15) is 0 Å². The van der Waals surface area contributed by atoms with Gasteiger partial charge in [0.15, 0.2) is 0 Å². The Bertz CT molecular complexity index is 416. The van der Waals surface area contributed by atoms with Crippen LogP contribution in [0.1, 0.15) is 24.2 Å². The zero-order valence-electron chi connectivity index (χ0n) is 9.17. The maximum atomic E-state index is 4.25. The Labute approximate surface area is 94.8 Å². The van der Waals surface area contributed by atoms with Crippen molar-refractivity contribution in [2.45, 2.75) is 19.5 Å². The fourth-order valence-electron chi connectivity index (χ4n) is 1.41. The van der Waals surface area contributed by atoms with Crippen LogP contribution in [0.15, 0.2) is 43.1 Å². The molecule has 4 nitrogen and oxygen atoms in total. The minimum absolute atomic E-state index is 0.196. The highest BCUT2D eigenvalue weighted by Crippen LogP contribution is 2.07. The van der Waals surface area contributed by atoms with E-state index in [0.29, 0.717) is 0 Å². The summed E-state index contributed by atoms with van der Waals surface area (Å²) in [4.78, 5) is 12.3.